The summed E-state index contributed by atoms with van der Waals surface area (Å²) in [7, 11) is 0. The van der Waals surface area contributed by atoms with Crippen LogP contribution in [0, 0.1) is 0 Å². The summed E-state index contributed by atoms with van der Waals surface area (Å²) >= 11 is 6.00. The number of aromatic nitrogens is 3. The van der Waals surface area contributed by atoms with Crippen molar-refractivity contribution in [1.29, 1.82) is 0 Å². The zero-order valence-corrected chi connectivity index (χ0v) is 12.1. The van der Waals surface area contributed by atoms with Crippen LogP contribution < -0.4 is 10.6 Å². The molecule has 8 heteroatoms. The van der Waals surface area contributed by atoms with Crippen molar-refractivity contribution in [3.63, 3.8) is 0 Å². The third kappa shape index (κ3) is 1.94. The fraction of sp³-hybridized carbons (Fsp3) is 0.0714. The molecule has 0 fully saturated rings. The molecule has 0 spiro atoms. The van der Waals surface area contributed by atoms with Gasteiger partial charge in [-0.2, -0.15) is 5.10 Å². The van der Waals surface area contributed by atoms with E-state index in [0.29, 0.717) is 17.4 Å². The van der Waals surface area contributed by atoms with Gasteiger partial charge in [0.15, 0.2) is 5.82 Å². The minimum Gasteiger partial charge on any atom is -0.271 e. The lowest BCUT2D eigenvalue weighted by Gasteiger charge is -2.30. The van der Waals surface area contributed by atoms with Crippen molar-refractivity contribution in [1.82, 2.24) is 19.8 Å². The fourth-order valence-electron chi connectivity index (χ4n) is 2.47. The van der Waals surface area contributed by atoms with Gasteiger partial charge in [0, 0.05) is 24.7 Å². The van der Waals surface area contributed by atoms with E-state index in [1.807, 2.05) is 28.4 Å². The Hall–Kier alpha value is -2.80. The van der Waals surface area contributed by atoms with E-state index in [2.05, 4.69) is 15.2 Å². The first-order valence-electron chi connectivity index (χ1n) is 6.64. The Morgan fingerprint density at radius 3 is 3.14 bits per heavy atom. The molecular formula is C14H11ClN6O. The molecule has 4 rings (SSSR count). The number of anilines is 1. The van der Waals surface area contributed by atoms with Crippen molar-refractivity contribution in [2.24, 2.45) is 4.99 Å². The summed E-state index contributed by atoms with van der Waals surface area (Å²) in [5.74, 6) is 1.40. The van der Waals surface area contributed by atoms with E-state index >= 15 is 0 Å². The molecule has 22 heavy (non-hydrogen) atoms. The second-order valence-corrected chi connectivity index (χ2v) is 5.20. The predicted molar refractivity (Wildman–Crippen MR) is 84.1 cm³/mol. The second-order valence-electron chi connectivity index (χ2n) is 4.77. The van der Waals surface area contributed by atoms with Crippen LogP contribution >= 0.6 is 11.6 Å². The molecule has 4 heterocycles. The van der Waals surface area contributed by atoms with Gasteiger partial charge in [0.1, 0.15) is 11.5 Å². The van der Waals surface area contributed by atoms with Gasteiger partial charge in [-0.15, -0.1) is 0 Å². The van der Waals surface area contributed by atoms with Crippen molar-refractivity contribution in [3.8, 4) is 5.82 Å². The molecule has 0 saturated heterocycles. The molecule has 0 bridgehead atoms. The summed E-state index contributed by atoms with van der Waals surface area (Å²) < 4.78 is 1.44. The highest BCUT2D eigenvalue weighted by atomic mass is 35.5. The lowest BCUT2D eigenvalue weighted by molar-refractivity contribution is 0.462. The molecule has 0 radical (unpaired) electrons. The molecule has 0 amide bonds. The first-order valence-corrected chi connectivity index (χ1v) is 7.01. The molecule has 2 aromatic rings. The first kappa shape index (κ1) is 12.9. The summed E-state index contributed by atoms with van der Waals surface area (Å²) in [6.07, 6.45) is 10.7. The molecule has 0 atom stereocenters. The number of fused-ring (bicyclic) bond motifs is 1. The van der Waals surface area contributed by atoms with E-state index in [1.165, 1.54) is 10.6 Å². The van der Waals surface area contributed by atoms with Crippen LogP contribution in [0.15, 0.2) is 58.5 Å². The molecule has 0 aliphatic carbocycles. The number of aliphatic imine (C=N–C) groups is 1. The van der Waals surface area contributed by atoms with Crippen LogP contribution in [0.2, 0.25) is 5.02 Å². The first-order chi connectivity index (χ1) is 10.7. The maximum absolute atomic E-state index is 12.1. The zero-order chi connectivity index (χ0) is 15.1. The van der Waals surface area contributed by atoms with Gasteiger partial charge in [0.2, 0.25) is 0 Å². The monoisotopic (exact) mass is 314 g/mol. The van der Waals surface area contributed by atoms with Crippen LogP contribution in [0.5, 0.6) is 0 Å². The number of rotatable bonds is 2. The van der Waals surface area contributed by atoms with Crippen LogP contribution in [0.4, 0.5) is 5.69 Å². The standard InChI is InChI=1S/C14H11ClN6O/c15-10-2-3-13(22)19(9-10)14-11(8-17-18-14)20-7-4-12-16-5-1-6-21(12)20/h1-6,8-9H,7H2,(H,17,18). The number of hydrazine groups is 1. The van der Waals surface area contributed by atoms with E-state index in [1.54, 1.807) is 24.7 Å². The predicted octanol–water partition coefficient (Wildman–Crippen LogP) is 1.69. The van der Waals surface area contributed by atoms with Crippen molar-refractivity contribution < 1.29 is 0 Å². The Morgan fingerprint density at radius 1 is 1.32 bits per heavy atom. The smallest absolute Gasteiger partial charge is 0.256 e. The topological polar surface area (TPSA) is 69.5 Å². The minimum atomic E-state index is -0.186. The Labute approximate surface area is 130 Å². The number of pyridine rings is 1. The van der Waals surface area contributed by atoms with E-state index in [9.17, 15) is 4.79 Å². The number of H-pyrrole nitrogens is 1. The average molecular weight is 315 g/mol. The zero-order valence-electron chi connectivity index (χ0n) is 11.3. The second kappa shape index (κ2) is 4.88. The summed E-state index contributed by atoms with van der Waals surface area (Å²) in [6.45, 7) is 0.638. The Morgan fingerprint density at radius 2 is 2.23 bits per heavy atom. The molecule has 2 aliphatic heterocycles. The fourth-order valence-corrected chi connectivity index (χ4v) is 2.63. The van der Waals surface area contributed by atoms with Crippen molar-refractivity contribution in [2.75, 3.05) is 11.6 Å². The highest BCUT2D eigenvalue weighted by Gasteiger charge is 2.26. The van der Waals surface area contributed by atoms with Crippen molar-refractivity contribution in [2.45, 2.75) is 0 Å². The van der Waals surface area contributed by atoms with Crippen LogP contribution in [0.1, 0.15) is 0 Å². The van der Waals surface area contributed by atoms with Crippen LogP contribution in [-0.4, -0.2) is 32.5 Å². The quantitative estimate of drug-likeness (QED) is 0.916. The molecule has 2 aromatic heterocycles. The van der Waals surface area contributed by atoms with Crippen LogP contribution in [-0.2, 0) is 0 Å². The number of aromatic amines is 1. The van der Waals surface area contributed by atoms with E-state index < -0.39 is 0 Å². The molecule has 7 nitrogen and oxygen atoms in total. The average Bonchev–Trinajstić information content (AvgIpc) is 3.15. The van der Waals surface area contributed by atoms with E-state index in [0.717, 1.165) is 11.5 Å². The third-order valence-electron chi connectivity index (χ3n) is 3.46. The molecule has 1 N–H and O–H groups in total. The number of hydrogen-bond acceptors (Lipinski definition) is 5. The van der Waals surface area contributed by atoms with Gasteiger partial charge in [-0.25, -0.2) is 10.0 Å². The number of hydrogen-bond donors (Lipinski definition) is 1. The largest absolute Gasteiger partial charge is 0.271 e. The summed E-state index contributed by atoms with van der Waals surface area (Å²) in [5, 5.41) is 11.3. The lowest BCUT2D eigenvalue weighted by atomic mass is 10.4. The van der Waals surface area contributed by atoms with Gasteiger partial charge in [-0.3, -0.25) is 19.5 Å². The van der Waals surface area contributed by atoms with Gasteiger partial charge in [0.25, 0.3) is 5.56 Å². The molecular weight excluding hydrogens is 304 g/mol. The number of nitrogens with one attached hydrogen (secondary N) is 1. The van der Waals surface area contributed by atoms with Crippen LogP contribution in [0.3, 0.4) is 0 Å². The van der Waals surface area contributed by atoms with Crippen LogP contribution in [0.25, 0.3) is 5.82 Å². The minimum absolute atomic E-state index is 0.186. The highest BCUT2D eigenvalue weighted by Crippen LogP contribution is 2.30. The molecule has 2 aliphatic rings. The number of halogens is 1. The number of nitrogens with zero attached hydrogens (tertiary/aromatic N) is 5. The van der Waals surface area contributed by atoms with E-state index in [-0.39, 0.29) is 5.56 Å². The maximum Gasteiger partial charge on any atom is 0.256 e. The van der Waals surface area contributed by atoms with Crippen molar-refractivity contribution in [3.05, 3.63) is 64.1 Å². The third-order valence-corrected chi connectivity index (χ3v) is 3.68. The van der Waals surface area contributed by atoms with Gasteiger partial charge in [-0.05, 0) is 18.2 Å². The van der Waals surface area contributed by atoms with Gasteiger partial charge >= 0.3 is 0 Å². The van der Waals surface area contributed by atoms with Gasteiger partial charge < -0.3 is 0 Å². The summed E-state index contributed by atoms with van der Waals surface area (Å²) in [5.41, 5.74) is 0.576. The van der Waals surface area contributed by atoms with Gasteiger partial charge in [0.05, 0.1) is 17.8 Å². The van der Waals surface area contributed by atoms with E-state index in [4.69, 9.17) is 11.6 Å². The SMILES string of the molecule is O=c1ccc(Cl)cn1-c1[nH]ncc1N1CC=C2N=CC=CN21. The summed E-state index contributed by atoms with van der Waals surface area (Å²) in [6, 6.07) is 2.99. The van der Waals surface area contributed by atoms with Gasteiger partial charge in [-0.1, -0.05) is 11.6 Å². The van der Waals surface area contributed by atoms with Crippen molar-refractivity contribution >= 4 is 23.5 Å². The number of allylic oxidation sites excluding steroid dienone is 1. The molecule has 110 valence electrons. The summed E-state index contributed by atoms with van der Waals surface area (Å²) in [4.78, 5) is 16.4. The lowest BCUT2D eigenvalue weighted by Crippen LogP contribution is -2.35. The normalized spacial score (nSPS) is 16.1. The Balaban J connectivity index is 1.79. The highest BCUT2D eigenvalue weighted by molar-refractivity contribution is 6.30. The Bertz CT molecular complexity index is 877. The maximum atomic E-state index is 12.1. The molecule has 0 aromatic carbocycles. The Kier molecular flexibility index (Phi) is 2.87. The molecule has 0 saturated carbocycles. The molecule has 0 unspecified atom stereocenters.